The Balaban J connectivity index is 1.73. The predicted molar refractivity (Wildman–Crippen MR) is 136 cm³/mol. The lowest BCUT2D eigenvalue weighted by Gasteiger charge is -2.29. The van der Waals surface area contributed by atoms with Gasteiger partial charge in [-0.15, -0.1) is 0 Å². The summed E-state index contributed by atoms with van der Waals surface area (Å²) in [4.78, 5) is 30.3. The Bertz CT molecular complexity index is 964. The average molecular weight is 485 g/mol. The van der Waals surface area contributed by atoms with E-state index in [4.69, 9.17) is 13.9 Å². The summed E-state index contributed by atoms with van der Waals surface area (Å²) in [5.74, 6) is 3.04. The van der Waals surface area contributed by atoms with Crippen molar-refractivity contribution in [3.8, 4) is 11.5 Å². The highest BCUT2D eigenvalue weighted by Crippen LogP contribution is 2.28. The van der Waals surface area contributed by atoms with Crippen molar-refractivity contribution in [3.63, 3.8) is 0 Å². The van der Waals surface area contributed by atoms with E-state index in [2.05, 4.69) is 6.92 Å². The number of ether oxygens (including phenoxy) is 2. The summed E-state index contributed by atoms with van der Waals surface area (Å²) in [7, 11) is 3.23. The number of carbonyl (C=O) groups is 2. The van der Waals surface area contributed by atoms with Crippen molar-refractivity contribution >= 4 is 11.8 Å². The molecule has 1 heterocycles. The second-order valence-electron chi connectivity index (χ2n) is 9.36. The first kappa shape index (κ1) is 26.6. The molecule has 7 nitrogen and oxygen atoms in total. The van der Waals surface area contributed by atoms with Crippen LogP contribution in [0.15, 0.2) is 34.7 Å². The molecule has 1 saturated carbocycles. The number of rotatable bonds is 13. The zero-order valence-electron chi connectivity index (χ0n) is 21.7. The normalized spacial score (nSPS) is 13.6. The zero-order valence-corrected chi connectivity index (χ0v) is 21.7. The Morgan fingerprint density at radius 3 is 2.37 bits per heavy atom. The van der Waals surface area contributed by atoms with E-state index in [1.54, 1.807) is 24.0 Å². The molecule has 0 aliphatic heterocycles. The summed E-state index contributed by atoms with van der Waals surface area (Å²) in [6.45, 7) is 5.62. The average Bonchev–Trinajstić information content (AvgIpc) is 3.55. The van der Waals surface area contributed by atoms with Crippen LogP contribution in [0.25, 0.3) is 0 Å². The number of aryl methyl sites for hydroxylation is 1. The van der Waals surface area contributed by atoms with Crippen molar-refractivity contribution < 1.29 is 23.5 Å². The molecule has 2 amide bonds. The maximum atomic E-state index is 13.5. The topological polar surface area (TPSA) is 72.2 Å². The summed E-state index contributed by atoms with van der Waals surface area (Å²) in [6, 6.07) is 9.62. The van der Waals surface area contributed by atoms with Crippen LogP contribution in [-0.4, -0.2) is 55.5 Å². The number of benzene rings is 1. The van der Waals surface area contributed by atoms with Gasteiger partial charge in [-0.05, 0) is 62.4 Å². The lowest BCUT2D eigenvalue weighted by atomic mass is 10.1. The number of unbranched alkanes of at least 4 members (excludes halogenated alkanes) is 1. The van der Waals surface area contributed by atoms with Gasteiger partial charge in [0.2, 0.25) is 11.8 Å². The molecule has 1 aliphatic carbocycles. The van der Waals surface area contributed by atoms with Gasteiger partial charge in [0.25, 0.3) is 0 Å². The smallest absolute Gasteiger partial charge is 0.242 e. The number of methoxy groups -OCH3 is 2. The molecule has 0 spiro atoms. The summed E-state index contributed by atoms with van der Waals surface area (Å²) >= 11 is 0. The van der Waals surface area contributed by atoms with Crippen molar-refractivity contribution in [1.82, 2.24) is 9.80 Å². The third-order valence-electron chi connectivity index (χ3n) is 6.74. The Morgan fingerprint density at radius 1 is 1.00 bits per heavy atom. The van der Waals surface area contributed by atoms with Crippen molar-refractivity contribution in [2.75, 3.05) is 33.9 Å². The van der Waals surface area contributed by atoms with Crippen LogP contribution in [0.1, 0.15) is 62.5 Å². The summed E-state index contributed by atoms with van der Waals surface area (Å²) in [5, 5.41) is 0. The van der Waals surface area contributed by atoms with Gasteiger partial charge in [-0.2, -0.15) is 0 Å². The highest BCUT2D eigenvalue weighted by Gasteiger charge is 2.29. The van der Waals surface area contributed by atoms with Crippen LogP contribution >= 0.6 is 0 Å². The molecule has 0 unspecified atom stereocenters. The quantitative estimate of drug-likeness (QED) is 0.400. The molecule has 1 fully saturated rings. The molecule has 2 aromatic rings. The van der Waals surface area contributed by atoms with E-state index in [-0.39, 0.29) is 24.3 Å². The first-order valence-electron chi connectivity index (χ1n) is 12.8. The molecule has 1 aromatic heterocycles. The van der Waals surface area contributed by atoms with Crippen LogP contribution in [0.3, 0.4) is 0 Å². The lowest BCUT2D eigenvalue weighted by molar-refractivity contribution is -0.143. The van der Waals surface area contributed by atoms with E-state index in [1.165, 1.54) is 0 Å². The van der Waals surface area contributed by atoms with Gasteiger partial charge in [-0.3, -0.25) is 9.59 Å². The van der Waals surface area contributed by atoms with Crippen molar-refractivity contribution in [1.29, 1.82) is 0 Å². The van der Waals surface area contributed by atoms with E-state index in [0.29, 0.717) is 37.6 Å². The van der Waals surface area contributed by atoms with Gasteiger partial charge in [0.05, 0.1) is 27.3 Å². The molecule has 35 heavy (non-hydrogen) atoms. The highest BCUT2D eigenvalue weighted by atomic mass is 16.5. The third kappa shape index (κ3) is 7.51. The Hall–Kier alpha value is -2.96. The number of hydrogen-bond donors (Lipinski definition) is 0. The van der Waals surface area contributed by atoms with Gasteiger partial charge < -0.3 is 23.7 Å². The molecule has 0 saturated heterocycles. The molecule has 0 radical (unpaired) electrons. The third-order valence-corrected chi connectivity index (χ3v) is 6.74. The minimum atomic E-state index is -0.0537. The molecule has 1 aromatic carbocycles. The SMILES string of the molecule is CCCCN(CC(=O)N(CCc1ccc(OC)c(OC)c1)Cc1ccc(C)o1)C(=O)C1CCCC1. The van der Waals surface area contributed by atoms with Crippen LogP contribution in [0, 0.1) is 12.8 Å². The maximum Gasteiger partial charge on any atom is 0.242 e. The number of carbonyl (C=O) groups excluding carboxylic acids is 2. The molecule has 7 heteroatoms. The monoisotopic (exact) mass is 484 g/mol. The van der Waals surface area contributed by atoms with Crippen molar-refractivity contribution in [2.45, 2.75) is 65.3 Å². The van der Waals surface area contributed by atoms with E-state index in [1.807, 2.05) is 37.3 Å². The van der Waals surface area contributed by atoms with Crippen molar-refractivity contribution in [3.05, 3.63) is 47.4 Å². The maximum absolute atomic E-state index is 13.5. The van der Waals surface area contributed by atoms with E-state index >= 15 is 0 Å². The van der Waals surface area contributed by atoms with Crippen LogP contribution in [0.2, 0.25) is 0 Å². The highest BCUT2D eigenvalue weighted by molar-refractivity contribution is 5.86. The minimum absolute atomic E-state index is 0.0537. The Labute approximate surface area is 209 Å². The second kappa shape index (κ2) is 13.2. The molecule has 3 rings (SSSR count). The van der Waals surface area contributed by atoms with Crippen molar-refractivity contribution in [2.24, 2.45) is 5.92 Å². The molecule has 0 atom stereocenters. The molecule has 1 aliphatic rings. The molecule has 0 N–H and O–H groups in total. The van der Waals surface area contributed by atoms with Crippen LogP contribution < -0.4 is 9.47 Å². The minimum Gasteiger partial charge on any atom is -0.493 e. The fourth-order valence-electron chi connectivity index (χ4n) is 4.66. The van der Waals surface area contributed by atoms with Gasteiger partial charge in [-0.1, -0.05) is 32.3 Å². The molecular weight excluding hydrogens is 444 g/mol. The predicted octanol–water partition coefficient (Wildman–Crippen LogP) is 5.00. The summed E-state index contributed by atoms with van der Waals surface area (Å²) in [5.41, 5.74) is 1.04. The molecule has 192 valence electrons. The molecule has 0 bridgehead atoms. The first-order chi connectivity index (χ1) is 16.9. The number of furan rings is 1. The Kier molecular flexibility index (Phi) is 10.1. The van der Waals surface area contributed by atoms with Gasteiger partial charge in [-0.25, -0.2) is 0 Å². The van der Waals surface area contributed by atoms with Crippen LogP contribution in [0.5, 0.6) is 11.5 Å². The van der Waals surface area contributed by atoms with Crippen LogP contribution in [0.4, 0.5) is 0 Å². The number of hydrogen-bond acceptors (Lipinski definition) is 5. The first-order valence-corrected chi connectivity index (χ1v) is 12.8. The summed E-state index contributed by atoms with van der Waals surface area (Å²) in [6.07, 6.45) is 6.60. The largest absolute Gasteiger partial charge is 0.493 e. The standard InChI is InChI=1S/C28H40N2O5/c1-5-6-16-30(28(32)23-9-7-8-10-23)20-27(31)29(19-24-13-11-21(2)35-24)17-15-22-12-14-25(33-3)26(18-22)34-4/h11-14,18,23H,5-10,15-17,19-20H2,1-4H3. The fourth-order valence-corrected chi connectivity index (χ4v) is 4.66. The van der Waals surface area contributed by atoms with Gasteiger partial charge in [0.1, 0.15) is 11.5 Å². The lowest BCUT2D eigenvalue weighted by Crippen LogP contribution is -2.45. The van der Waals surface area contributed by atoms with Gasteiger partial charge in [0, 0.05) is 19.0 Å². The van der Waals surface area contributed by atoms with E-state index in [0.717, 1.165) is 55.6 Å². The number of nitrogens with zero attached hydrogens (tertiary/aromatic N) is 2. The second-order valence-corrected chi connectivity index (χ2v) is 9.36. The zero-order chi connectivity index (χ0) is 25.2. The van der Waals surface area contributed by atoms with E-state index in [9.17, 15) is 9.59 Å². The van der Waals surface area contributed by atoms with Gasteiger partial charge in [0.15, 0.2) is 11.5 Å². The molecular formula is C28H40N2O5. The van der Waals surface area contributed by atoms with E-state index < -0.39 is 0 Å². The van der Waals surface area contributed by atoms with Crippen LogP contribution in [-0.2, 0) is 22.6 Å². The van der Waals surface area contributed by atoms with Gasteiger partial charge >= 0.3 is 0 Å². The Morgan fingerprint density at radius 2 is 1.74 bits per heavy atom. The number of amides is 2. The summed E-state index contributed by atoms with van der Waals surface area (Å²) < 4.78 is 16.5. The fraction of sp³-hybridized carbons (Fsp3) is 0.571.